The number of hydrogen-bond donors (Lipinski definition) is 2. The fourth-order valence-electron chi connectivity index (χ4n) is 3.22. The smallest absolute Gasteiger partial charge is 0.282 e. The molecule has 0 bridgehead atoms. The average Bonchev–Trinajstić information content (AvgIpc) is 3.10. The molecule has 0 atom stereocenters. The standard InChI is InChI=1S/C23H21ClN4O5S2/c24-16-11-9-15(10-12-16)14-19-22(31)27(23(34)35-19)13-5-1-2-8-20(29)25-26-21(30)17-6-3-4-7-18(17)28(32)33/h3-4,6-7,9-12,14H,1-2,5,8,13H2,(H,25,29)(H,26,30)/b19-14-. The van der Waals surface area contributed by atoms with Gasteiger partial charge in [0, 0.05) is 24.1 Å². The molecule has 3 amide bonds. The first-order valence-corrected chi connectivity index (χ1v) is 12.2. The van der Waals surface area contributed by atoms with E-state index in [9.17, 15) is 24.5 Å². The zero-order valence-electron chi connectivity index (χ0n) is 18.4. The first-order chi connectivity index (χ1) is 16.8. The zero-order valence-corrected chi connectivity index (χ0v) is 20.8. The van der Waals surface area contributed by atoms with Crippen LogP contribution >= 0.6 is 35.6 Å². The second-order valence-electron chi connectivity index (χ2n) is 7.47. The summed E-state index contributed by atoms with van der Waals surface area (Å²) in [5.74, 6) is -1.34. The van der Waals surface area contributed by atoms with E-state index in [0.29, 0.717) is 40.1 Å². The lowest BCUT2D eigenvalue weighted by Gasteiger charge is -2.14. The molecule has 182 valence electrons. The van der Waals surface area contributed by atoms with Crippen molar-refractivity contribution in [2.45, 2.75) is 25.7 Å². The van der Waals surface area contributed by atoms with Crippen LogP contribution in [0.1, 0.15) is 41.6 Å². The maximum absolute atomic E-state index is 12.7. The molecule has 2 N–H and O–H groups in total. The lowest BCUT2D eigenvalue weighted by atomic mass is 10.1. The molecule has 1 saturated heterocycles. The average molecular weight is 533 g/mol. The van der Waals surface area contributed by atoms with Crippen LogP contribution in [0, 0.1) is 10.1 Å². The largest absolute Gasteiger partial charge is 0.293 e. The SMILES string of the molecule is O=C(CCCCCN1C(=O)/C(=C/c2ccc(Cl)cc2)SC1=S)NNC(=O)c1ccccc1[N+](=O)[O-]. The fraction of sp³-hybridized carbons (Fsp3) is 0.217. The zero-order chi connectivity index (χ0) is 25.4. The van der Waals surface area contributed by atoms with Gasteiger partial charge < -0.3 is 0 Å². The van der Waals surface area contributed by atoms with Gasteiger partial charge in [-0.15, -0.1) is 0 Å². The number of nitrogens with zero attached hydrogens (tertiary/aromatic N) is 2. The lowest BCUT2D eigenvalue weighted by Crippen LogP contribution is -2.41. The first-order valence-electron chi connectivity index (χ1n) is 10.6. The number of para-hydroxylation sites is 1. The molecule has 0 saturated carbocycles. The van der Waals surface area contributed by atoms with E-state index in [1.165, 1.54) is 36.0 Å². The molecule has 35 heavy (non-hydrogen) atoms. The highest BCUT2D eigenvalue weighted by Crippen LogP contribution is 2.33. The Kier molecular flexibility index (Phi) is 9.35. The molecule has 1 aliphatic rings. The summed E-state index contributed by atoms with van der Waals surface area (Å²) in [4.78, 5) is 49.2. The van der Waals surface area contributed by atoms with Crippen molar-refractivity contribution in [2.75, 3.05) is 6.54 Å². The van der Waals surface area contributed by atoms with Crippen LogP contribution in [-0.4, -0.2) is 38.4 Å². The number of hydrogen-bond acceptors (Lipinski definition) is 7. The summed E-state index contributed by atoms with van der Waals surface area (Å²) < 4.78 is 0.491. The van der Waals surface area contributed by atoms with E-state index in [4.69, 9.17) is 23.8 Å². The summed E-state index contributed by atoms with van der Waals surface area (Å²) in [5.41, 5.74) is 4.81. The van der Waals surface area contributed by atoms with E-state index >= 15 is 0 Å². The molecule has 0 radical (unpaired) electrons. The number of unbranched alkanes of at least 4 members (excludes halogenated alkanes) is 2. The van der Waals surface area contributed by atoms with Gasteiger partial charge in [-0.2, -0.15) is 0 Å². The summed E-state index contributed by atoms with van der Waals surface area (Å²) in [6.07, 6.45) is 3.77. The summed E-state index contributed by atoms with van der Waals surface area (Å²) in [6.45, 7) is 0.443. The van der Waals surface area contributed by atoms with E-state index in [2.05, 4.69) is 10.9 Å². The summed E-state index contributed by atoms with van der Waals surface area (Å²) in [7, 11) is 0. The molecule has 2 aromatic carbocycles. The number of thiocarbonyl (C=S) groups is 1. The minimum Gasteiger partial charge on any atom is -0.293 e. The highest BCUT2D eigenvalue weighted by Gasteiger charge is 2.31. The molecule has 0 unspecified atom stereocenters. The van der Waals surface area contributed by atoms with Crippen LogP contribution in [0.25, 0.3) is 6.08 Å². The van der Waals surface area contributed by atoms with Gasteiger partial charge in [0.05, 0.1) is 9.83 Å². The van der Waals surface area contributed by atoms with Gasteiger partial charge in [-0.25, -0.2) is 0 Å². The number of thioether (sulfide) groups is 1. The predicted octanol–water partition coefficient (Wildman–Crippen LogP) is 4.47. The highest BCUT2D eigenvalue weighted by atomic mass is 35.5. The monoisotopic (exact) mass is 532 g/mol. The first kappa shape index (κ1) is 26.3. The second kappa shape index (κ2) is 12.4. The van der Waals surface area contributed by atoms with E-state index in [0.717, 1.165) is 5.56 Å². The number of nitrogens with one attached hydrogen (secondary N) is 2. The number of nitro benzene ring substituents is 1. The van der Waals surface area contributed by atoms with Crippen molar-refractivity contribution in [1.29, 1.82) is 0 Å². The maximum atomic E-state index is 12.7. The molecule has 1 fully saturated rings. The number of nitro groups is 1. The molecule has 0 aromatic heterocycles. The quantitative estimate of drug-likeness (QED) is 0.161. The van der Waals surface area contributed by atoms with Crippen molar-refractivity contribution in [3.05, 3.63) is 79.7 Å². The Bertz CT molecular complexity index is 1190. The minimum atomic E-state index is -0.772. The predicted molar refractivity (Wildman–Crippen MR) is 139 cm³/mol. The van der Waals surface area contributed by atoms with Crippen LogP contribution in [0.2, 0.25) is 5.02 Å². The van der Waals surface area contributed by atoms with Crippen molar-refractivity contribution in [1.82, 2.24) is 15.8 Å². The number of hydrazine groups is 1. The van der Waals surface area contributed by atoms with Crippen LogP contribution in [0.4, 0.5) is 5.69 Å². The molecule has 9 nitrogen and oxygen atoms in total. The Morgan fingerprint density at radius 3 is 2.51 bits per heavy atom. The Morgan fingerprint density at radius 1 is 1.09 bits per heavy atom. The lowest BCUT2D eigenvalue weighted by molar-refractivity contribution is -0.385. The van der Waals surface area contributed by atoms with Crippen LogP contribution in [0.15, 0.2) is 53.4 Å². The van der Waals surface area contributed by atoms with Crippen LogP contribution in [-0.2, 0) is 9.59 Å². The molecular formula is C23H21ClN4O5S2. The Morgan fingerprint density at radius 2 is 1.80 bits per heavy atom. The molecule has 0 aliphatic carbocycles. The minimum absolute atomic E-state index is 0.145. The molecule has 3 rings (SSSR count). The molecule has 1 heterocycles. The molecule has 0 spiro atoms. The summed E-state index contributed by atoms with van der Waals surface area (Å²) in [6, 6.07) is 12.6. The fourth-order valence-corrected chi connectivity index (χ4v) is 4.65. The number of rotatable bonds is 9. The maximum Gasteiger partial charge on any atom is 0.282 e. The molecule has 1 aliphatic heterocycles. The van der Waals surface area contributed by atoms with Gasteiger partial charge in [-0.1, -0.05) is 66.3 Å². The molecular weight excluding hydrogens is 512 g/mol. The molecule has 2 aromatic rings. The van der Waals surface area contributed by atoms with Crippen LogP contribution in [0.5, 0.6) is 0 Å². The number of carbonyl (C=O) groups is 3. The van der Waals surface area contributed by atoms with Gasteiger partial charge in [0.25, 0.3) is 17.5 Å². The van der Waals surface area contributed by atoms with E-state index in [1.54, 1.807) is 23.1 Å². The van der Waals surface area contributed by atoms with Gasteiger partial charge in [-0.05, 0) is 42.7 Å². The van der Waals surface area contributed by atoms with Crippen molar-refractivity contribution in [3.8, 4) is 0 Å². The van der Waals surface area contributed by atoms with E-state index < -0.39 is 16.7 Å². The Labute approximate surface area is 216 Å². The van der Waals surface area contributed by atoms with E-state index in [1.807, 2.05) is 12.1 Å². The molecule has 12 heteroatoms. The Balaban J connectivity index is 1.38. The van der Waals surface area contributed by atoms with Crippen molar-refractivity contribution < 1.29 is 19.3 Å². The third-order valence-electron chi connectivity index (χ3n) is 4.99. The number of amides is 3. The number of carbonyl (C=O) groups excluding carboxylic acids is 3. The van der Waals surface area contributed by atoms with Crippen molar-refractivity contribution in [2.24, 2.45) is 0 Å². The van der Waals surface area contributed by atoms with Gasteiger partial charge in [0.2, 0.25) is 5.91 Å². The third-order valence-corrected chi connectivity index (χ3v) is 6.62. The number of benzene rings is 2. The highest BCUT2D eigenvalue weighted by molar-refractivity contribution is 8.26. The normalized spacial score (nSPS) is 14.3. The second-order valence-corrected chi connectivity index (χ2v) is 9.58. The van der Waals surface area contributed by atoms with Gasteiger partial charge in [-0.3, -0.25) is 40.2 Å². The number of halogens is 1. The summed E-state index contributed by atoms with van der Waals surface area (Å²) >= 11 is 12.5. The van der Waals surface area contributed by atoms with Gasteiger partial charge >= 0.3 is 0 Å². The summed E-state index contributed by atoms with van der Waals surface area (Å²) in [5, 5.41) is 11.6. The van der Waals surface area contributed by atoms with Crippen LogP contribution in [0.3, 0.4) is 0 Å². The van der Waals surface area contributed by atoms with Gasteiger partial charge in [0.15, 0.2) is 0 Å². The van der Waals surface area contributed by atoms with Crippen molar-refractivity contribution >= 4 is 69.4 Å². The van der Waals surface area contributed by atoms with E-state index in [-0.39, 0.29) is 23.6 Å². The topological polar surface area (TPSA) is 122 Å². The Hall–Kier alpha value is -3.28. The van der Waals surface area contributed by atoms with Gasteiger partial charge in [0.1, 0.15) is 9.88 Å². The van der Waals surface area contributed by atoms with Crippen molar-refractivity contribution in [3.63, 3.8) is 0 Å². The third kappa shape index (κ3) is 7.35. The van der Waals surface area contributed by atoms with Crippen LogP contribution < -0.4 is 10.9 Å².